The molecule has 2 bridgehead atoms. The fourth-order valence-electron chi connectivity index (χ4n) is 6.32. The van der Waals surface area contributed by atoms with Crippen LogP contribution in [0.1, 0.15) is 30.1 Å². The summed E-state index contributed by atoms with van der Waals surface area (Å²) in [6, 6.07) is 10.3. The predicted molar refractivity (Wildman–Crippen MR) is 130 cm³/mol. The van der Waals surface area contributed by atoms with Gasteiger partial charge in [-0.05, 0) is 28.9 Å². The maximum absolute atomic E-state index is 14.0. The summed E-state index contributed by atoms with van der Waals surface area (Å²) < 4.78 is 21.5. The first-order valence-electron chi connectivity index (χ1n) is 12.1. The molecule has 4 heterocycles. The molecule has 2 aromatic carbocycles. The fraction of sp³-hybridized carbons (Fsp3) is 0.370. The van der Waals surface area contributed by atoms with Gasteiger partial charge >= 0.3 is 5.97 Å². The molecule has 38 heavy (non-hydrogen) atoms. The van der Waals surface area contributed by atoms with Crippen LogP contribution < -0.4 is 9.64 Å². The number of aliphatic hydroxyl groups excluding tert-OH is 1. The minimum atomic E-state index is -1.26. The first-order valence-corrected chi connectivity index (χ1v) is 12.1. The summed E-state index contributed by atoms with van der Waals surface area (Å²) in [4.78, 5) is 44.4. The van der Waals surface area contributed by atoms with Crippen LogP contribution in [-0.2, 0) is 19.1 Å². The number of amides is 2. The number of carbonyl (C=O) groups is 3. The minimum Gasteiger partial charge on any atom is -0.475 e. The molecule has 6 rings (SSSR count). The van der Waals surface area contributed by atoms with E-state index >= 15 is 0 Å². The smallest absolute Gasteiger partial charge is 0.346 e. The molecule has 1 aromatic heterocycles. The van der Waals surface area contributed by atoms with Crippen LogP contribution in [0.4, 0.5) is 11.4 Å². The molecule has 0 radical (unpaired) electrons. The third kappa shape index (κ3) is 3.14. The number of imide groups is 1. The summed E-state index contributed by atoms with van der Waals surface area (Å²) >= 11 is 0. The van der Waals surface area contributed by atoms with Crippen molar-refractivity contribution in [2.45, 2.75) is 37.1 Å². The normalized spacial score (nSPS) is 29.5. The Morgan fingerprint density at radius 2 is 1.95 bits per heavy atom. The van der Waals surface area contributed by atoms with Crippen molar-refractivity contribution in [2.24, 2.45) is 11.8 Å². The van der Waals surface area contributed by atoms with Crippen molar-refractivity contribution in [3.05, 3.63) is 59.6 Å². The van der Waals surface area contributed by atoms with E-state index in [4.69, 9.17) is 25.3 Å². The van der Waals surface area contributed by atoms with E-state index in [1.807, 2.05) is 0 Å². The van der Waals surface area contributed by atoms with Gasteiger partial charge in [-0.2, -0.15) is 0 Å². The summed E-state index contributed by atoms with van der Waals surface area (Å²) in [5, 5.41) is 15.9. The van der Waals surface area contributed by atoms with Gasteiger partial charge in [-0.3, -0.25) is 9.59 Å². The van der Waals surface area contributed by atoms with Gasteiger partial charge in [-0.1, -0.05) is 30.3 Å². The Morgan fingerprint density at radius 3 is 2.68 bits per heavy atom. The lowest BCUT2D eigenvalue weighted by atomic mass is 9.66. The Morgan fingerprint density at radius 1 is 1.21 bits per heavy atom. The number of methoxy groups -OCH3 is 1. The molecule has 3 fully saturated rings. The number of aliphatic hydroxyl groups is 1. The number of hydrogen-bond donors (Lipinski definition) is 1. The van der Waals surface area contributed by atoms with Crippen molar-refractivity contribution in [1.82, 2.24) is 5.16 Å². The standard InChI is InChI=1S/C27H23N3O8/c1-26-19(31)12-27(38-26,10-11-36-22-16(13-37-29-22)25(34)35-3)21-20(26)23(32)30(24(21)33)18-9-8-17(28-2)14-6-4-5-7-15(14)18/h4-9,13,19-21,31H,10-12H2,1,3H3/t19?,20-,21+,26?,27?/m1/s1. The highest BCUT2D eigenvalue weighted by molar-refractivity contribution is 6.26. The molecule has 3 aromatic rings. The van der Waals surface area contributed by atoms with Crippen LogP contribution in [0.3, 0.4) is 0 Å². The first kappa shape index (κ1) is 24.1. The molecule has 11 nitrogen and oxygen atoms in total. The van der Waals surface area contributed by atoms with Gasteiger partial charge < -0.3 is 23.8 Å². The van der Waals surface area contributed by atoms with E-state index in [1.54, 1.807) is 43.3 Å². The maximum atomic E-state index is 14.0. The zero-order valence-electron chi connectivity index (χ0n) is 20.5. The van der Waals surface area contributed by atoms with Crippen LogP contribution in [0.25, 0.3) is 15.6 Å². The number of ether oxygens (including phenoxy) is 3. The molecule has 194 valence electrons. The highest BCUT2D eigenvalue weighted by Crippen LogP contribution is 2.62. The number of rotatable bonds is 6. The SMILES string of the molecule is [C-]#[N+]c1ccc(N2C(=O)[C@@H]3[C@H](C2=O)C2(C)OC3(CCOc3nocc3C(=O)OC)CC2O)c2ccccc12. The van der Waals surface area contributed by atoms with E-state index in [9.17, 15) is 19.5 Å². The van der Waals surface area contributed by atoms with Gasteiger partial charge in [0, 0.05) is 12.8 Å². The summed E-state index contributed by atoms with van der Waals surface area (Å²) in [7, 11) is 1.22. The second-order valence-corrected chi connectivity index (χ2v) is 9.92. The third-order valence-electron chi connectivity index (χ3n) is 8.06. The average Bonchev–Trinajstić information content (AvgIpc) is 3.62. The minimum absolute atomic E-state index is 0.0135. The monoisotopic (exact) mass is 517 g/mol. The highest BCUT2D eigenvalue weighted by atomic mass is 16.6. The Labute approximate surface area is 216 Å². The van der Waals surface area contributed by atoms with E-state index in [0.717, 1.165) is 6.26 Å². The Balaban J connectivity index is 1.34. The lowest BCUT2D eigenvalue weighted by Crippen LogP contribution is -2.49. The van der Waals surface area contributed by atoms with Crippen LogP contribution in [0.2, 0.25) is 0 Å². The number of nitrogens with zero attached hydrogens (tertiary/aromatic N) is 3. The number of aromatic nitrogens is 1. The van der Waals surface area contributed by atoms with Gasteiger partial charge in [-0.15, -0.1) is 0 Å². The molecular weight excluding hydrogens is 494 g/mol. The van der Waals surface area contributed by atoms with Crippen LogP contribution in [-0.4, -0.2) is 59.1 Å². The van der Waals surface area contributed by atoms with Crippen LogP contribution in [0.5, 0.6) is 5.88 Å². The van der Waals surface area contributed by atoms with E-state index in [2.05, 4.69) is 10.0 Å². The van der Waals surface area contributed by atoms with Crippen LogP contribution >= 0.6 is 0 Å². The van der Waals surface area contributed by atoms with E-state index in [1.165, 1.54) is 12.0 Å². The second kappa shape index (κ2) is 8.37. The number of anilines is 1. The molecule has 3 aliphatic rings. The highest BCUT2D eigenvalue weighted by Gasteiger charge is 2.77. The third-order valence-corrected chi connectivity index (χ3v) is 8.06. The Hall–Kier alpha value is -4.27. The first-order chi connectivity index (χ1) is 18.3. The maximum Gasteiger partial charge on any atom is 0.346 e. The van der Waals surface area contributed by atoms with Crippen molar-refractivity contribution >= 4 is 39.9 Å². The average molecular weight is 517 g/mol. The summed E-state index contributed by atoms with van der Waals surface area (Å²) in [6.07, 6.45) is 0.428. The van der Waals surface area contributed by atoms with Crippen molar-refractivity contribution in [3.63, 3.8) is 0 Å². The van der Waals surface area contributed by atoms with E-state index in [-0.39, 0.29) is 30.9 Å². The van der Waals surface area contributed by atoms with Crippen molar-refractivity contribution in [3.8, 4) is 5.88 Å². The number of benzene rings is 2. The molecule has 0 aliphatic carbocycles. The fourth-order valence-corrected chi connectivity index (χ4v) is 6.32. The lowest BCUT2D eigenvalue weighted by Gasteiger charge is -2.33. The topological polar surface area (TPSA) is 133 Å². The van der Waals surface area contributed by atoms with E-state index in [0.29, 0.717) is 22.1 Å². The van der Waals surface area contributed by atoms with Gasteiger partial charge in [0.15, 0.2) is 11.3 Å². The van der Waals surface area contributed by atoms with Crippen molar-refractivity contribution < 1.29 is 38.2 Å². The van der Waals surface area contributed by atoms with Gasteiger partial charge in [-0.25, -0.2) is 14.5 Å². The van der Waals surface area contributed by atoms with Crippen LogP contribution in [0, 0.1) is 18.4 Å². The molecule has 0 spiro atoms. The Bertz CT molecular complexity index is 1540. The largest absolute Gasteiger partial charge is 0.475 e. The van der Waals surface area contributed by atoms with Gasteiger partial charge in [0.1, 0.15) is 11.9 Å². The van der Waals surface area contributed by atoms with Crippen molar-refractivity contribution in [2.75, 3.05) is 18.6 Å². The Kier molecular flexibility index (Phi) is 5.31. The summed E-state index contributed by atoms with van der Waals surface area (Å²) in [5.74, 6) is -3.35. The van der Waals surface area contributed by atoms with Gasteiger partial charge in [0.05, 0.1) is 49.5 Å². The molecule has 1 N–H and O–H groups in total. The van der Waals surface area contributed by atoms with Gasteiger partial charge in [0.25, 0.3) is 5.88 Å². The van der Waals surface area contributed by atoms with Gasteiger partial charge in [0.2, 0.25) is 11.8 Å². The number of fused-ring (bicyclic) bond motifs is 6. The zero-order valence-corrected chi connectivity index (χ0v) is 20.5. The van der Waals surface area contributed by atoms with E-state index < -0.39 is 46.9 Å². The molecule has 0 saturated carbocycles. The van der Waals surface area contributed by atoms with Crippen LogP contribution in [0.15, 0.2) is 47.2 Å². The quantitative estimate of drug-likeness (QED) is 0.298. The summed E-state index contributed by atoms with van der Waals surface area (Å²) in [5.41, 5.74) is -1.60. The predicted octanol–water partition coefficient (Wildman–Crippen LogP) is 3.03. The number of carbonyl (C=O) groups excluding carboxylic acids is 3. The molecular formula is C27H23N3O8. The lowest BCUT2D eigenvalue weighted by molar-refractivity contribution is -0.134. The number of hydrogen-bond acceptors (Lipinski definition) is 9. The molecule has 3 saturated heterocycles. The second-order valence-electron chi connectivity index (χ2n) is 9.92. The molecule has 3 aliphatic heterocycles. The molecule has 11 heteroatoms. The molecule has 3 unspecified atom stereocenters. The molecule has 2 amide bonds. The molecule has 5 atom stereocenters. The van der Waals surface area contributed by atoms with Crippen molar-refractivity contribution in [1.29, 1.82) is 0 Å². The zero-order chi connectivity index (χ0) is 26.8. The summed E-state index contributed by atoms with van der Waals surface area (Å²) in [6.45, 7) is 9.11. The number of esters is 1.